The number of anilines is 6. The number of fused-ring (bicyclic) bond motifs is 18. The molecule has 22 aromatic carbocycles. The molecule has 0 N–H and O–H groups in total. The molecule has 0 atom stereocenters. The van der Waals surface area contributed by atoms with E-state index in [1.165, 1.54) is 174 Å². The average molecular weight is 1390 g/mol. The Morgan fingerprint density at radius 3 is 0.745 bits per heavy atom. The topological polar surface area (TPSA) is 6.48 Å². The van der Waals surface area contributed by atoms with Crippen molar-refractivity contribution in [2.75, 3.05) is 9.80 Å². The van der Waals surface area contributed by atoms with Crippen molar-refractivity contribution < 1.29 is 0 Å². The van der Waals surface area contributed by atoms with E-state index in [1.54, 1.807) is 0 Å². The van der Waals surface area contributed by atoms with Crippen molar-refractivity contribution in [2.24, 2.45) is 0 Å². The van der Waals surface area contributed by atoms with Crippen LogP contribution in [-0.4, -0.2) is 0 Å². The zero-order valence-electron chi connectivity index (χ0n) is 60.2. The van der Waals surface area contributed by atoms with Gasteiger partial charge in [-0.25, -0.2) is 0 Å². The Bertz CT molecular complexity index is 7500. The van der Waals surface area contributed by atoms with Crippen molar-refractivity contribution in [3.8, 4) is 55.6 Å². The highest BCUT2D eigenvalue weighted by atomic mass is 15.1. The van der Waals surface area contributed by atoms with Crippen LogP contribution in [0.2, 0.25) is 0 Å². The molecule has 0 aliphatic carbocycles. The smallest absolute Gasteiger partial charge is 0.0546 e. The monoisotopic (exact) mass is 1390 g/mol. The molecule has 0 bridgehead atoms. The van der Waals surface area contributed by atoms with Crippen molar-refractivity contribution in [3.63, 3.8) is 0 Å². The van der Waals surface area contributed by atoms with E-state index >= 15 is 0 Å². The Morgan fingerprint density at radius 2 is 0.364 bits per heavy atom. The van der Waals surface area contributed by atoms with E-state index in [0.717, 1.165) is 45.3 Å². The summed E-state index contributed by atoms with van der Waals surface area (Å²) in [6, 6.07) is 154. The molecule has 0 fully saturated rings. The maximum Gasteiger partial charge on any atom is 0.0546 e. The molecule has 0 radical (unpaired) electrons. The second-order valence-corrected chi connectivity index (χ2v) is 29.4. The van der Waals surface area contributed by atoms with Gasteiger partial charge in [0, 0.05) is 33.8 Å². The largest absolute Gasteiger partial charge is 0.310 e. The Labute approximate surface area is 637 Å². The van der Waals surface area contributed by atoms with Crippen molar-refractivity contribution in [3.05, 3.63) is 413 Å². The lowest BCUT2D eigenvalue weighted by Crippen LogP contribution is -2.10. The van der Waals surface area contributed by atoms with Gasteiger partial charge in [-0.15, -0.1) is 0 Å². The highest BCUT2D eigenvalue weighted by molar-refractivity contribution is 6.20. The van der Waals surface area contributed by atoms with E-state index < -0.39 is 0 Å². The van der Waals surface area contributed by atoms with E-state index in [2.05, 4.69) is 422 Å². The highest BCUT2D eigenvalue weighted by Gasteiger charge is 2.22. The zero-order valence-corrected chi connectivity index (χ0v) is 60.2. The van der Waals surface area contributed by atoms with Crippen LogP contribution in [0, 0.1) is 0 Å². The third kappa shape index (κ3) is 10.5. The van der Waals surface area contributed by atoms with E-state index in [-0.39, 0.29) is 0 Å². The molecule has 0 heterocycles. The lowest BCUT2D eigenvalue weighted by atomic mass is 9.89. The fraction of sp³-hybridized carbons (Fsp3) is 0. The van der Waals surface area contributed by atoms with Gasteiger partial charge in [0.05, 0.1) is 5.69 Å². The molecule has 22 rings (SSSR count). The lowest BCUT2D eigenvalue weighted by molar-refractivity contribution is 1.29. The summed E-state index contributed by atoms with van der Waals surface area (Å²) in [5.74, 6) is 0. The Kier molecular flexibility index (Phi) is 14.7. The summed E-state index contributed by atoms with van der Waals surface area (Å²) in [5.41, 5.74) is 18.5. The predicted molar refractivity (Wildman–Crippen MR) is 473 cm³/mol. The van der Waals surface area contributed by atoms with Crippen LogP contribution in [0.5, 0.6) is 0 Å². The van der Waals surface area contributed by atoms with E-state index in [1.807, 2.05) is 0 Å². The summed E-state index contributed by atoms with van der Waals surface area (Å²) in [4.78, 5) is 4.87. The minimum absolute atomic E-state index is 1.08. The summed E-state index contributed by atoms with van der Waals surface area (Å²) in [7, 11) is 0. The van der Waals surface area contributed by atoms with Crippen LogP contribution in [-0.2, 0) is 0 Å². The average Bonchev–Trinajstić information content (AvgIpc) is 0.754. The molecule has 510 valence electrons. The molecule has 0 amide bonds. The molecule has 2 heteroatoms. The second kappa shape index (κ2) is 25.7. The lowest BCUT2D eigenvalue weighted by Gasteiger charge is -2.28. The Morgan fingerprint density at radius 1 is 0.118 bits per heavy atom. The van der Waals surface area contributed by atoms with Gasteiger partial charge in [0.2, 0.25) is 0 Å². The van der Waals surface area contributed by atoms with Gasteiger partial charge in [0.15, 0.2) is 0 Å². The highest BCUT2D eigenvalue weighted by Crippen LogP contribution is 2.48. The SMILES string of the molecule is c1ccc2c(c1)ccc1ccc(N(c3ccc(-c4cc5ccccc5c5ccccc45)cc3)c3ccc(-c4cc5ccccc5c5cc(-c6ccc7c(-c8ccc(N(c9ccc(-c%10cc%11ccccc%11c%11ccccc%10%11)cc9)c9cc%10ccccc%10c%10ccccc9%10)cc8)cc8ccccc8c7c6)ccc45)cc3)cc12. The molecule has 0 aliphatic heterocycles. The molecule has 0 aromatic heterocycles. The fourth-order valence-corrected chi connectivity index (χ4v) is 18.0. The number of rotatable bonds is 11. The number of nitrogens with zero attached hydrogens (tertiary/aromatic N) is 2. The van der Waals surface area contributed by atoms with Crippen LogP contribution < -0.4 is 9.80 Å². The van der Waals surface area contributed by atoms with Crippen LogP contribution in [0.4, 0.5) is 34.1 Å². The second-order valence-electron chi connectivity index (χ2n) is 29.4. The summed E-state index contributed by atoms with van der Waals surface area (Å²) in [6.45, 7) is 0. The Balaban J connectivity index is 0.625. The molecule has 0 saturated heterocycles. The van der Waals surface area contributed by atoms with Crippen LogP contribution >= 0.6 is 0 Å². The van der Waals surface area contributed by atoms with Crippen LogP contribution in [0.15, 0.2) is 413 Å². The summed E-state index contributed by atoms with van der Waals surface area (Å²) >= 11 is 0. The maximum atomic E-state index is 2.45. The molecule has 0 unspecified atom stereocenters. The third-order valence-corrected chi connectivity index (χ3v) is 23.3. The number of hydrogen-bond acceptors (Lipinski definition) is 2. The third-order valence-electron chi connectivity index (χ3n) is 23.3. The van der Waals surface area contributed by atoms with Crippen molar-refractivity contribution >= 4 is 163 Å². The molecule has 0 spiro atoms. The quantitative estimate of drug-likeness (QED) is 0.119. The summed E-state index contributed by atoms with van der Waals surface area (Å²) < 4.78 is 0. The number of hydrogen-bond donors (Lipinski definition) is 0. The molecule has 110 heavy (non-hydrogen) atoms. The van der Waals surface area contributed by atoms with Crippen LogP contribution in [0.1, 0.15) is 0 Å². The van der Waals surface area contributed by atoms with Gasteiger partial charge in [0.25, 0.3) is 0 Å². The maximum absolute atomic E-state index is 2.45. The Hall–Kier alpha value is -14.4. The van der Waals surface area contributed by atoms with Gasteiger partial charge < -0.3 is 9.80 Å². The molecular formula is C108H68N2. The van der Waals surface area contributed by atoms with Gasteiger partial charge in [-0.2, -0.15) is 0 Å². The molecular weight excluding hydrogens is 1330 g/mol. The first-order chi connectivity index (χ1) is 54.5. The van der Waals surface area contributed by atoms with Gasteiger partial charge in [0.1, 0.15) is 0 Å². The van der Waals surface area contributed by atoms with E-state index in [4.69, 9.17) is 0 Å². The first kappa shape index (κ1) is 62.9. The minimum atomic E-state index is 1.08. The molecule has 0 saturated carbocycles. The standard InChI is InChI=1S/C108H68N2/c1-7-25-87-69(19-1)37-38-70-47-58-86(68-105(70)87)109(82-50-39-71(40-51-82)101-63-77-20-2-8-26-88(77)93-31-13-15-34-96(93)101)83-52-41-73(42-53-83)103-65-79-22-4-11-29-91(79)106-61-75(48-59-98(103)106)76-49-60-99-104(66-80-23-5-12-30-92(80)107(99)62-76)74-45-56-85(57-46-74)110(108-67-81-24-6-10-28-90(81)95-33-17-18-36-100(95)108)84-54-43-72(44-55-84)102-64-78-21-3-9-27-89(78)94-32-14-16-35-97(94)102/h1-68H. The summed E-state index contributed by atoms with van der Waals surface area (Å²) in [6.07, 6.45) is 0. The van der Waals surface area contributed by atoms with Crippen molar-refractivity contribution in [2.45, 2.75) is 0 Å². The molecule has 0 aliphatic rings. The van der Waals surface area contributed by atoms with Crippen LogP contribution in [0.3, 0.4) is 0 Å². The van der Waals surface area contributed by atoms with Gasteiger partial charge in [-0.05, 0) is 283 Å². The first-order valence-electron chi connectivity index (χ1n) is 38.1. The summed E-state index contributed by atoms with van der Waals surface area (Å²) in [5, 5.41) is 29.6. The van der Waals surface area contributed by atoms with Gasteiger partial charge in [-0.3, -0.25) is 0 Å². The molecule has 2 nitrogen and oxygen atoms in total. The van der Waals surface area contributed by atoms with Gasteiger partial charge in [-0.1, -0.05) is 309 Å². The normalized spacial score (nSPS) is 11.8. The van der Waals surface area contributed by atoms with Gasteiger partial charge >= 0.3 is 0 Å². The van der Waals surface area contributed by atoms with Crippen molar-refractivity contribution in [1.29, 1.82) is 0 Å². The zero-order chi connectivity index (χ0) is 72.3. The van der Waals surface area contributed by atoms with E-state index in [9.17, 15) is 0 Å². The van der Waals surface area contributed by atoms with Crippen molar-refractivity contribution in [1.82, 2.24) is 0 Å². The van der Waals surface area contributed by atoms with Crippen LogP contribution in [0.25, 0.3) is 185 Å². The van der Waals surface area contributed by atoms with E-state index in [0.29, 0.717) is 0 Å². The first-order valence-corrected chi connectivity index (χ1v) is 38.1. The number of benzene rings is 22. The fourth-order valence-electron chi connectivity index (χ4n) is 18.0. The molecule has 22 aromatic rings. The predicted octanol–water partition coefficient (Wildman–Crippen LogP) is 30.8. The minimum Gasteiger partial charge on any atom is -0.310 e.